The number of ether oxygens (including phenoxy) is 1. The summed E-state index contributed by atoms with van der Waals surface area (Å²) in [5, 5.41) is 25.1. The normalized spacial score (nSPS) is 11.9. The highest BCUT2D eigenvalue weighted by molar-refractivity contribution is 5.91. The van der Waals surface area contributed by atoms with Gasteiger partial charge in [0.1, 0.15) is 11.9 Å². The van der Waals surface area contributed by atoms with Gasteiger partial charge in [-0.15, -0.1) is 5.10 Å². The lowest BCUT2D eigenvalue weighted by Gasteiger charge is -2.14. The van der Waals surface area contributed by atoms with Gasteiger partial charge in [0.05, 0.1) is 19.9 Å². The molecule has 0 spiro atoms. The molecule has 2 N–H and O–H groups in total. The SMILES string of the molecule is COc1ccccc1C(O)Cn1cc(C(=O)NCCCn2cccn2)nn1. The van der Waals surface area contributed by atoms with Gasteiger partial charge in [0.15, 0.2) is 5.69 Å². The number of benzene rings is 1. The number of nitrogens with one attached hydrogen (secondary N) is 1. The first-order chi connectivity index (χ1) is 13.2. The molecule has 0 bridgehead atoms. The van der Waals surface area contributed by atoms with Crippen LogP contribution < -0.4 is 10.1 Å². The Morgan fingerprint density at radius 1 is 1.30 bits per heavy atom. The molecule has 9 nitrogen and oxygen atoms in total. The maximum atomic E-state index is 12.1. The molecule has 3 rings (SSSR count). The number of aliphatic hydroxyl groups is 1. The molecule has 0 radical (unpaired) electrons. The molecule has 0 saturated carbocycles. The number of rotatable bonds is 9. The molecule has 2 heterocycles. The molecule has 0 aliphatic heterocycles. The summed E-state index contributed by atoms with van der Waals surface area (Å²) in [6.07, 6.45) is 5.04. The highest BCUT2D eigenvalue weighted by atomic mass is 16.5. The van der Waals surface area contributed by atoms with Gasteiger partial charge in [0.25, 0.3) is 5.91 Å². The van der Waals surface area contributed by atoms with E-state index in [1.807, 2.05) is 29.1 Å². The molecule has 3 aromatic rings. The summed E-state index contributed by atoms with van der Waals surface area (Å²) in [6.45, 7) is 1.40. The largest absolute Gasteiger partial charge is 0.496 e. The second-order valence-electron chi connectivity index (χ2n) is 5.96. The summed E-state index contributed by atoms with van der Waals surface area (Å²) in [7, 11) is 1.55. The number of aryl methyl sites for hydroxylation is 1. The Balaban J connectivity index is 1.50. The van der Waals surface area contributed by atoms with E-state index >= 15 is 0 Å². The van der Waals surface area contributed by atoms with Gasteiger partial charge in [-0.3, -0.25) is 9.48 Å². The average molecular weight is 370 g/mol. The fourth-order valence-corrected chi connectivity index (χ4v) is 2.68. The third-order valence-corrected chi connectivity index (χ3v) is 4.04. The lowest BCUT2D eigenvalue weighted by Crippen LogP contribution is -2.25. The third kappa shape index (κ3) is 4.91. The van der Waals surface area contributed by atoms with E-state index in [4.69, 9.17) is 4.74 Å². The topological polar surface area (TPSA) is 107 Å². The van der Waals surface area contributed by atoms with E-state index in [-0.39, 0.29) is 18.1 Å². The van der Waals surface area contributed by atoms with Crippen molar-refractivity contribution in [2.45, 2.75) is 25.6 Å². The standard InChI is InChI=1S/C18H22N6O3/c1-27-17-7-3-2-6-14(17)16(25)13-24-12-15(21-22-24)18(26)19-8-4-10-23-11-5-9-20-23/h2-3,5-7,9,11-12,16,25H,4,8,10,13H2,1H3,(H,19,26). The number of hydrogen-bond donors (Lipinski definition) is 2. The lowest BCUT2D eigenvalue weighted by atomic mass is 10.1. The van der Waals surface area contributed by atoms with Crippen LogP contribution in [-0.2, 0) is 13.1 Å². The zero-order valence-electron chi connectivity index (χ0n) is 15.0. The molecule has 1 unspecified atom stereocenters. The molecule has 27 heavy (non-hydrogen) atoms. The van der Waals surface area contributed by atoms with Crippen LogP contribution >= 0.6 is 0 Å². The van der Waals surface area contributed by atoms with Crippen molar-refractivity contribution in [1.82, 2.24) is 30.1 Å². The molecular formula is C18H22N6O3. The number of carbonyl (C=O) groups excluding carboxylic acids is 1. The molecule has 1 atom stereocenters. The minimum Gasteiger partial charge on any atom is -0.496 e. The molecule has 2 aromatic heterocycles. The molecule has 0 aliphatic rings. The van der Waals surface area contributed by atoms with Crippen molar-refractivity contribution in [2.24, 2.45) is 0 Å². The first-order valence-corrected chi connectivity index (χ1v) is 8.64. The van der Waals surface area contributed by atoms with Gasteiger partial charge in [0, 0.05) is 31.0 Å². The van der Waals surface area contributed by atoms with Crippen LogP contribution in [0.4, 0.5) is 0 Å². The van der Waals surface area contributed by atoms with Gasteiger partial charge >= 0.3 is 0 Å². The molecule has 0 saturated heterocycles. The first-order valence-electron chi connectivity index (χ1n) is 8.64. The molecule has 0 fully saturated rings. The van der Waals surface area contributed by atoms with Crippen molar-refractivity contribution in [3.05, 3.63) is 60.2 Å². The zero-order valence-corrected chi connectivity index (χ0v) is 15.0. The number of hydrogen-bond acceptors (Lipinski definition) is 6. The Bertz CT molecular complexity index is 862. The lowest BCUT2D eigenvalue weighted by molar-refractivity contribution is 0.0947. The molecule has 142 valence electrons. The van der Waals surface area contributed by atoms with Crippen LogP contribution in [0.1, 0.15) is 28.6 Å². The number of methoxy groups -OCH3 is 1. The van der Waals surface area contributed by atoms with Crippen LogP contribution in [0.3, 0.4) is 0 Å². The summed E-state index contributed by atoms with van der Waals surface area (Å²) in [6, 6.07) is 9.08. The second-order valence-corrected chi connectivity index (χ2v) is 5.96. The summed E-state index contributed by atoms with van der Waals surface area (Å²) in [4.78, 5) is 12.1. The van der Waals surface area contributed by atoms with Crippen LogP contribution in [0.15, 0.2) is 48.9 Å². The number of para-hydroxylation sites is 1. The highest BCUT2D eigenvalue weighted by Gasteiger charge is 2.16. The van der Waals surface area contributed by atoms with Crippen molar-refractivity contribution in [3.63, 3.8) is 0 Å². The van der Waals surface area contributed by atoms with E-state index in [1.54, 1.807) is 25.4 Å². The fourth-order valence-electron chi connectivity index (χ4n) is 2.68. The monoisotopic (exact) mass is 370 g/mol. The fraction of sp³-hybridized carbons (Fsp3) is 0.333. The summed E-state index contributed by atoms with van der Waals surface area (Å²) in [5.41, 5.74) is 0.862. The Hall–Kier alpha value is -3.20. The van der Waals surface area contributed by atoms with Crippen LogP contribution in [0.25, 0.3) is 0 Å². The summed E-state index contributed by atoms with van der Waals surface area (Å²) >= 11 is 0. The van der Waals surface area contributed by atoms with Crippen LogP contribution in [0, 0.1) is 0 Å². The number of nitrogens with zero attached hydrogens (tertiary/aromatic N) is 5. The predicted octanol–water partition coefficient (Wildman–Crippen LogP) is 1.04. The quantitative estimate of drug-likeness (QED) is 0.545. The van der Waals surface area contributed by atoms with Gasteiger partial charge in [-0.05, 0) is 18.6 Å². The second kappa shape index (κ2) is 8.95. The van der Waals surface area contributed by atoms with Gasteiger partial charge in [-0.25, -0.2) is 4.68 Å². The Morgan fingerprint density at radius 2 is 2.15 bits per heavy atom. The molecule has 9 heteroatoms. The molecular weight excluding hydrogens is 348 g/mol. The Labute approximate surface area is 156 Å². The number of amides is 1. The number of aliphatic hydroxyl groups excluding tert-OH is 1. The average Bonchev–Trinajstić information content (AvgIpc) is 3.37. The van der Waals surface area contributed by atoms with Gasteiger partial charge in [-0.1, -0.05) is 23.4 Å². The minimum absolute atomic E-state index is 0.167. The molecule has 1 aromatic carbocycles. The smallest absolute Gasteiger partial charge is 0.273 e. The van der Waals surface area contributed by atoms with E-state index < -0.39 is 6.10 Å². The van der Waals surface area contributed by atoms with Crippen molar-refractivity contribution in [1.29, 1.82) is 0 Å². The minimum atomic E-state index is -0.826. The van der Waals surface area contributed by atoms with E-state index in [9.17, 15) is 9.90 Å². The van der Waals surface area contributed by atoms with Crippen molar-refractivity contribution in [3.8, 4) is 5.75 Å². The molecule has 1 amide bonds. The van der Waals surface area contributed by atoms with E-state index in [0.717, 1.165) is 13.0 Å². The highest BCUT2D eigenvalue weighted by Crippen LogP contribution is 2.25. The van der Waals surface area contributed by atoms with Gasteiger partial charge in [-0.2, -0.15) is 5.10 Å². The van der Waals surface area contributed by atoms with Crippen molar-refractivity contribution in [2.75, 3.05) is 13.7 Å². The third-order valence-electron chi connectivity index (χ3n) is 4.04. The van der Waals surface area contributed by atoms with Crippen LogP contribution in [-0.4, -0.2) is 49.4 Å². The predicted molar refractivity (Wildman–Crippen MR) is 97.2 cm³/mol. The van der Waals surface area contributed by atoms with E-state index in [0.29, 0.717) is 17.9 Å². The number of aromatic nitrogens is 5. The Kier molecular flexibility index (Phi) is 6.16. The first kappa shape index (κ1) is 18.6. The van der Waals surface area contributed by atoms with Crippen molar-refractivity contribution >= 4 is 5.91 Å². The maximum absolute atomic E-state index is 12.1. The van der Waals surface area contributed by atoms with Crippen LogP contribution in [0.5, 0.6) is 5.75 Å². The summed E-state index contributed by atoms with van der Waals surface area (Å²) < 4.78 is 8.50. The maximum Gasteiger partial charge on any atom is 0.273 e. The van der Waals surface area contributed by atoms with Gasteiger partial charge in [0.2, 0.25) is 0 Å². The number of carbonyl (C=O) groups is 1. The molecule has 0 aliphatic carbocycles. The van der Waals surface area contributed by atoms with E-state index in [1.165, 1.54) is 10.9 Å². The van der Waals surface area contributed by atoms with E-state index in [2.05, 4.69) is 20.7 Å². The van der Waals surface area contributed by atoms with Gasteiger partial charge < -0.3 is 15.2 Å². The van der Waals surface area contributed by atoms with Crippen molar-refractivity contribution < 1.29 is 14.6 Å². The zero-order chi connectivity index (χ0) is 19.1. The summed E-state index contributed by atoms with van der Waals surface area (Å²) in [5.74, 6) is 0.300. The Morgan fingerprint density at radius 3 is 2.93 bits per heavy atom. The van der Waals surface area contributed by atoms with Crippen LogP contribution in [0.2, 0.25) is 0 Å².